The van der Waals surface area contributed by atoms with Crippen molar-refractivity contribution in [3.8, 4) is 5.75 Å². The van der Waals surface area contributed by atoms with Gasteiger partial charge in [-0.25, -0.2) is 4.99 Å². The Hall–Kier alpha value is -3.14. The van der Waals surface area contributed by atoms with Crippen molar-refractivity contribution in [2.75, 3.05) is 11.6 Å². The molecular formula is C20H17N3O. The molecule has 1 N–H and O–H groups in total. The van der Waals surface area contributed by atoms with Crippen LogP contribution in [0.5, 0.6) is 5.75 Å². The summed E-state index contributed by atoms with van der Waals surface area (Å²) in [5.74, 6) is 1.00. The van der Waals surface area contributed by atoms with E-state index in [1.54, 1.807) is 12.3 Å². The molecule has 0 bridgehead atoms. The van der Waals surface area contributed by atoms with Crippen LogP contribution in [0.2, 0.25) is 0 Å². The summed E-state index contributed by atoms with van der Waals surface area (Å²) in [6, 6.07) is 21.6. The fourth-order valence-corrected chi connectivity index (χ4v) is 2.88. The van der Waals surface area contributed by atoms with Crippen LogP contribution >= 0.6 is 0 Å². The van der Waals surface area contributed by atoms with Crippen LogP contribution in [0, 0.1) is 0 Å². The van der Waals surface area contributed by atoms with Gasteiger partial charge in [0.2, 0.25) is 0 Å². The molecule has 0 atom stereocenters. The van der Waals surface area contributed by atoms with E-state index in [1.165, 1.54) is 0 Å². The number of hydrogen-bond acceptors (Lipinski definition) is 4. The lowest BCUT2D eigenvalue weighted by Crippen LogP contribution is -2.11. The van der Waals surface area contributed by atoms with Gasteiger partial charge in [-0.3, -0.25) is 5.01 Å². The first kappa shape index (κ1) is 14.5. The molecule has 0 fully saturated rings. The lowest BCUT2D eigenvalue weighted by molar-refractivity contribution is 0.475. The number of hydrazone groups is 1. The van der Waals surface area contributed by atoms with Crippen LogP contribution in [0.4, 0.5) is 5.69 Å². The van der Waals surface area contributed by atoms with Gasteiger partial charge in [-0.05, 0) is 29.0 Å². The summed E-state index contributed by atoms with van der Waals surface area (Å²) in [6.07, 6.45) is 2.50. The van der Waals surface area contributed by atoms with Crippen molar-refractivity contribution in [1.29, 1.82) is 0 Å². The van der Waals surface area contributed by atoms with Gasteiger partial charge in [-0.15, -0.1) is 0 Å². The fourth-order valence-electron chi connectivity index (χ4n) is 2.88. The van der Waals surface area contributed by atoms with Crippen molar-refractivity contribution in [2.45, 2.75) is 6.42 Å². The van der Waals surface area contributed by atoms with E-state index in [4.69, 9.17) is 0 Å². The molecule has 0 radical (unpaired) electrons. The third-order valence-corrected chi connectivity index (χ3v) is 4.13. The van der Waals surface area contributed by atoms with Gasteiger partial charge in [0, 0.05) is 24.7 Å². The maximum atomic E-state index is 10.2. The number of phenols is 1. The maximum absolute atomic E-state index is 10.2. The summed E-state index contributed by atoms with van der Waals surface area (Å²) in [4.78, 5) is 4.50. The van der Waals surface area contributed by atoms with Gasteiger partial charge >= 0.3 is 0 Å². The van der Waals surface area contributed by atoms with Gasteiger partial charge in [0.05, 0.1) is 5.69 Å². The molecule has 0 amide bonds. The minimum absolute atomic E-state index is 0.232. The summed E-state index contributed by atoms with van der Waals surface area (Å²) >= 11 is 0. The van der Waals surface area contributed by atoms with Crippen LogP contribution < -0.4 is 5.01 Å². The quantitative estimate of drug-likeness (QED) is 0.721. The normalized spacial score (nSPS) is 14.5. The minimum Gasteiger partial charge on any atom is -0.507 e. The Morgan fingerprint density at radius 1 is 0.958 bits per heavy atom. The van der Waals surface area contributed by atoms with Crippen molar-refractivity contribution in [1.82, 2.24) is 0 Å². The number of hydrogen-bond donors (Lipinski definition) is 1. The molecule has 0 spiro atoms. The van der Waals surface area contributed by atoms with E-state index in [9.17, 15) is 5.11 Å². The standard InChI is InChI=1S/C20H17N3O/c24-19-11-10-15-6-4-5-9-17(15)18(19)14-21-20-12-13-23(22-20)16-7-2-1-3-8-16/h1-11,14,24H,12-13H2. The molecule has 3 aromatic rings. The van der Waals surface area contributed by atoms with Crippen molar-refractivity contribution in [3.05, 3.63) is 72.3 Å². The van der Waals surface area contributed by atoms with Gasteiger partial charge in [0.15, 0.2) is 5.84 Å². The number of fused-ring (bicyclic) bond motifs is 1. The summed E-state index contributed by atoms with van der Waals surface area (Å²) in [5, 5.41) is 18.7. The molecule has 4 rings (SSSR count). The highest BCUT2D eigenvalue weighted by atomic mass is 16.3. The smallest absolute Gasteiger partial charge is 0.150 e. The molecule has 4 nitrogen and oxygen atoms in total. The topological polar surface area (TPSA) is 48.2 Å². The second-order valence-electron chi connectivity index (χ2n) is 5.70. The number of benzene rings is 3. The molecule has 0 saturated heterocycles. The first-order valence-electron chi connectivity index (χ1n) is 7.96. The summed E-state index contributed by atoms with van der Waals surface area (Å²) in [5.41, 5.74) is 1.80. The highest BCUT2D eigenvalue weighted by Gasteiger charge is 2.15. The zero-order valence-electron chi connectivity index (χ0n) is 13.1. The van der Waals surface area contributed by atoms with Gasteiger partial charge < -0.3 is 5.11 Å². The molecule has 0 aromatic heterocycles. The number of nitrogens with zero attached hydrogens (tertiary/aromatic N) is 3. The van der Waals surface area contributed by atoms with E-state index in [0.29, 0.717) is 0 Å². The van der Waals surface area contributed by atoms with Crippen molar-refractivity contribution in [2.24, 2.45) is 10.1 Å². The fraction of sp³-hybridized carbons (Fsp3) is 0.100. The Morgan fingerprint density at radius 3 is 2.62 bits per heavy atom. The lowest BCUT2D eigenvalue weighted by Gasteiger charge is -2.12. The van der Waals surface area contributed by atoms with Crippen molar-refractivity contribution >= 4 is 28.5 Å². The predicted octanol–water partition coefficient (Wildman–Crippen LogP) is 4.19. The van der Waals surface area contributed by atoms with Crippen LogP contribution in [0.25, 0.3) is 10.8 Å². The molecule has 0 unspecified atom stereocenters. The Bertz CT molecular complexity index is 932. The molecule has 0 saturated carbocycles. The van der Waals surface area contributed by atoms with E-state index in [2.05, 4.69) is 10.1 Å². The largest absolute Gasteiger partial charge is 0.507 e. The monoisotopic (exact) mass is 315 g/mol. The van der Waals surface area contributed by atoms with Crippen LogP contribution in [0.15, 0.2) is 76.8 Å². The van der Waals surface area contributed by atoms with E-state index < -0.39 is 0 Å². The van der Waals surface area contributed by atoms with Gasteiger partial charge in [-0.2, -0.15) is 5.10 Å². The second-order valence-corrected chi connectivity index (χ2v) is 5.70. The Kier molecular flexibility index (Phi) is 3.71. The number of phenolic OH excluding ortho intramolecular Hbond substituents is 1. The molecule has 4 heteroatoms. The van der Waals surface area contributed by atoms with E-state index in [1.807, 2.05) is 65.7 Å². The molecule has 24 heavy (non-hydrogen) atoms. The SMILES string of the molecule is Oc1ccc2ccccc2c1C=NC1=NN(c2ccccc2)CC1. The van der Waals surface area contributed by atoms with Crippen LogP contribution in [-0.4, -0.2) is 23.7 Å². The number of amidine groups is 1. The highest BCUT2D eigenvalue weighted by Crippen LogP contribution is 2.26. The first-order valence-corrected chi connectivity index (χ1v) is 7.96. The molecule has 0 aliphatic carbocycles. The van der Waals surface area contributed by atoms with Crippen molar-refractivity contribution < 1.29 is 5.11 Å². The van der Waals surface area contributed by atoms with E-state index in [-0.39, 0.29) is 5.75 Å². The Morgan fingerprint density at radius 2 is 1.75 bits per heavy atom. The average Bonchev–Trinajstić information content (AvgIpc) is 3.11. The first-order chi connectivity index (χ1) is 11.8. The summed E-state index contributed by atoms with van der Waals surface area (Å²) < 4.78 is 0. The molecule has 1 aliphatic heterocycles. The van der Waals surface area contributed by atoms with E-state index in [0.717, 1.165) is 40.8 Å². The van der Waals surface area contributed by atoms with Crippen LogP contribution in [0.1, 0.15) is 12.0 Å². The van der Waals surface area contributed by atoms with Gasteiger partial charge in [-0.1, -0.05) is 48.5 Å². The second kappa shape index (κ2) is 6.16. The molecule has 118 valence electrons. The zero-order valence-corrected chi connectivity index (χ0v) is 13.1. The Balaban J connectivity index is 1.63. The average molecular weight is 315 g/mol. The summed E-state index contributed by atoms with van der Waals surface area (Å²) in [7, 11) is 0. The third kappa shape index (κ3) is 2.74. The van der Waals surface area contributed by atoms with Crippen LogP contribution in [-0.2, 0) is 0 Å². The predicted molar refractivity (Wildman–Crippen MR) is 99.0 cm³/mol. The number of aliphatic imine (C=N–C) groups is 1. The third-order valence-electron chi connectivity index (χ3n) is 4.13. The zero-order chi connectivity index (χ0) is 16.4. The number of anilines is 1. The van der Waals surface area contributed by atoms with Gasteiger partial charge in [0.1, 0.15) is 5.75 Å². The molecular weight excluding hydrogens is 298 g/mol. The van der Waals surface area contributed by atoms with Crippen molar-refractivity contribution in [3.63, 3.8) is 0 Å². The minimum atomic E-state index is 0.232. The number of rotatable bonds is 2. The molecule has 1 heterocycles. The summed E-state index contributed by atoms with van der Waals surface area (Å²) in [6.45, 7) is 0.818. The van der Waals surface area contributed by atoms with Crippen LogP contribution in [0.3, 0.4) is 0 Å². The number of para-hydroxylation sites is 1. The van der Waals surface area contributed by atoms with E-state index >= 15 is 0 Å². The number of aromatic hydroxyl groups is 1. The maximum Gasteiger partial charge on any atom is 0.150 e. The molecule has 3 aromatic carbocycles. The highest BCUT2D eigenvalue weighted by molar-refractivity contribution is 6.06. The lowest BCUT2D eigenvalue weighted by atomic mass is 10.0. The van der Waals surface area contributed by atoms with Gasteiger partial charge in [0.25, 0.3) is 0 Å². The Labute approximate surface area is 140 Å². The molecule has 1 aliphatic rings.